The van der Waals surface area contributed by atoms with Gasteiger partial charge in [-0.25, -0.2) is 0 Å². The van der Waals surface area contributed by atoms with E-state index in [1.807, 2.05) is 0 Å². The van der Waals surface area contributed by atoms with Gasteiger partial charge in [-0.1, -0.05) is 19.8 Å². The predicted octanol–water partition coefficient (Wildman–Crippen LogP) is 2.37. The molecule has 2 aliphatic rings. The lowest BCUT2D eigenvalue weighted by atomic mass is 9.71. The van der Waals surface area contributed by atoms with E-state index in [2.05, 4.69) is 6.92 Å². The predicted molar refractivity (Wildman–Crippen MR) is 66.9 cm³/mol. The minimum Gasteiger partial charge on any atom is -0.390 e. The topological polar surface area (TPSA) is 38.7 Å². The van der Waals surface area contributed by atoms with Crippen LogP contribution in [0.2, 0.25) is 0 Å². The molecule has 3 heteroatoms. The Morgan fingerprint density at radius 3 is 2.76 bits per heavy atom. The zero-order valence-electron chi connectivity index (χ0n) is 11.2. The molecular formula is C14H26O3. The number of rotatable bonds is 3. The van der Waals surface area contributed by atoms with Crippen LogP contribution in [-0.2, 0) is 9.47 Å². The quantitative estimate of drug-likeness (QED) is 0.825. The first-order valence-corrected chi connectivity index (χ1v) is 6.99. The third-order valence-electron chi connectivity index (χ3n) is 4.58. The molecular weight excluding hydrogens is 216 g/mol. The average molecular weight is 242 g/mol. The molecule has 1 aliphatic carbocycles. The minimum absolute atomic E-state index is 0.258. The van der Waals surface area contributed by atoms with Crippen molar-refractivity contribution in [3.05, 3.63) is 0 Å². The Morgan fingerprint density at radius 1 is 1.35 bits per heavy atom. The van der Waals surface area contributed by atoms with Crippen molar-refractivity contribution in [2.75, 3.05) is 20.3 Å². The van der Waals surface area contributed by atoms with Crippen LogP contribution in [0.3, 0.4) is 0 Å². The van der Waals surface area contributed by atoms with Crippen molar-refractivity contribution in [2.24, 2.45) is 11.8 Å². The molecule has 0 amide bonds. The number of ether oxygens (including phenoxy) is 2. The third kappa shape index (κ3) is 2.83. The Labute approximate surface area is 104 Å². The molecule has 0 radical (unpaired) electrons. The summed E-state index contributed by atoms with van der Waals surface area (Å²) in [4.78, 5) is 0. The summed E-state index contributed by atoms with van der Waals surface area (Å²) in [6.45, 7) is 3.80. The highest BCUT2D eigenvalue weighted by Crippen LogP contribution is 2.40. The first-order valence-electron chi connectivity index (χ1n) is 6.99. The Kier molecular flexibility index (Phi) is 4.45. The molecule has 3 nitrogen and oxygen atoms in total. The van der Waals surface area contributed by atoms with Crippen molar-refractivity contribution < 1.29 is 14.6 Å². The highest BCUT2D eigenvalue weighted by atomic mass is 16.5. The number of methoxy groups -OCH3 is 1. The van der Waals surface area contributed by atoms with Crippen LogP contribution in [-0.4, -0.2) is 37.1 Å². The molecule has 2 rings (SSSR count). The summed E-state index contributed by atoms with van der Waals surface area (Å²) in [6, 6.07) is 0. The van der Waals surface area contributed by atoms with Gasteiger partial charge in [0.1, 0.15) is 0 Å². The van der Waals surface area contributed by atoms with E-state index in [1.54, 1.807) is 7.11 Å². The zero-order valence-corrected chi connectivity index (χ0v) is 11.2. The molecule has 1 heterocycles. The van der Waals surface area contributed by atoms with E-state index in [9.17, 15) is 5.11 Å². The van der Waals surface area contributed by atoms with Crippen LogP contribution in [0, 0.1) is 11.8 Å². The molecule has 1 N–H and O–H groups in total. The fourth-order valence-electron chi connectivity index (χ4n) is 3.56. The van der Waals surface area contributed by atoms with E-state index in [1.165, 1.54) is 12.8 Å². The summed E-state index contributed by atoms with van der Waals surface area (Å²) < 4.78 is 11.3. The van der Waals surface area contributed by atoms with Crippen molar-refractivity contribution in [1.29, 1.82) is 0 Å². The normalized spacial score (nSPS) is 41.1. The monoisotopic (exact) mass is 242 g/mol. The van der Waals surface area contributed by atoms with Gasteiger partial charge in [-0.15, -0.1) is 0 Å². The Bertz CT molecular complexity index is 238. The summed E-state index contributed by atoms with van der Waals surface area (Å²) in [6.07, 6.45) is 6.18. The second-order valence-corrected chi connectivity index (χ2v) is 5.89. The number of aliphatic hydroxyl groups excluding tert-OH is 1. The molecule has 0 spiro atoms. The first-order chi connectivity index (χ1) is 8.18. The van der Waals surface area contributed by atoms with Crippen molar-refractivity contribution in [2.45, 2.75) is 57.2 Å². The van der Waals surface area contributed by atoms with Gasteiger partial charge in [0.2, 0.25) is 0 Å². The average Bonchev–Trinajstić information content (AvgIpc) is 2.38. The van der Waals surface area contributed by atoms with Gasteiger partial charge in [-0.05, 0) is 31.6 Å². The lowest BCUT2D eigenvalue weighted by molar-refractivity contribution is -0.164. The summed E-state index contributed by atoms with van der Waals surface area (Å²) in [5, 5.41) is 10.7. The SMILES string of the molecule is COC1(C(O)C2CCCOC2)CCCC(C)C1. The third-order valence-corrected chi connectivity index (χ3v) is 4.58. The summed E-state index contributed by atoms with van der Waals surface area (Å²) >= 11 is 0. The van der Waals surface area contributed by atoms with Crippen LogP contribution in [0.4, 0.5) is 0 Å². The molecule has 1 saturated heterocycles. The van der Waals surface area contributed by atoms with Gasteiger partial charge in [0.25, 0.3) is 0 Å². The van der Waals surface area contributed by atoms with Crippen LogP contribution < -0.4 is 0 Å². The first kappa shape index (κ1) is 13.3. The lowest BCUT2D eigenvalue weighted by Crippen LogP contribution is -2.52. The Hall–Kier alpha value is -0.120. The van der Waals surface area contributed by atoms with Gasteiger partial charge in [0.15, 0.2) is 0 Å². The highest BCUT2D eigenvalue weighted by molar-refractivity contribution is 4.96. The van der Waals surface area contributed by atoms with E-state index in [0.29, 0.717) is 12.5 Å². The Balaban J connectivity index is 2.04. The highest BCUT2D eigenvalue weighted by Gasteiger charge is 2.45. The van der Waals surface area contributed by atoms with Gasteiger partial charge in [-0.2, -0.15) is 0 Å². The second-order valence-electron chi connectivity index (χ2n) is 5.89. The molecule has 0 aromatic heterocycles. The van der Waals surface area contributed by atoms with E-state index < -0.39 is 0 Å². The fourth-order valence-corrected chi connectivity index (χ4v) is 3.56. The van der Waals surface area contributed by atoms with Crippen molar-refractivity contribution >= 4 is 0 Å². The lowest BCUT2D eigenvalue weighted by Gasteiger charge is -2.45. The summed E-state index contributed by atoms with van der Waals surface area (Å²) in [5.41, 5.74) is -0.316. The van der Waals surface area contributed by atoms with Gasteiger partial charge in [0.05, 0.1) is 18.3 Å². The maximum absolute atomic E-state index is 10.7. The molecule has 0 aromatic rings. The molecule has 1 aliphatic heterocycles. The second kappa shape index (κ2) is 5.68. The maximum atomic E-state index is 10.7. The van der Waals surface area contributed by atoms with Crippen molar-refractivity contribution in [3.8, 4) is 0 Å². The zero-order chi connectivity index (χ0) is 12.3. The van der Waals surface area contributed by atoms with Gasteiger partial charge < -0.3 is 14.6 Å². The standard InChI is InChI=1S/C14H26O3/c1-11-5-3-7-14(9-11,16-2)13(15)12-6-4-8-17-10-12/h11-13,15H,3-10H2,1-2H3. The van der Waals surface area contributed by atoms with E-state index in [0.717, 1.165) is 32.3 Å². The fraction of sp³-hybridized carbons (Fsp3) is 1.00. The summed E-state index contributed by atoms with van der Waals surface area (Å²) in [7, 11) is 1.75. The van der Waals surface area contributed by atoms with Crippen LogP contribution in [0.1, 0.15) is 45.4 Å². The van der Waals surface area contributed by atoms with E-state index >= 15 is 0 Å². The van der Waals surface area contributed by atoms with E-state index in [4.69, 9.17) is 9.47 Å². The number of hydrogen-bond donors (Lipinski definition) is 1. The molecule has 1 saturated carbocycles. The van der Waals surface area contributed by atoms with Gasteiger partial charge in [0, 0.05) is 19.6 Å². The van der Waals surface area contributed by atoms with Crippen LogP contribution in [0.5, 0.6) is 0 Å². The van der Waals surface area contributed by atoms with Crippen LogP contribution >= 0.6 is 0 Å². The van der Waals surface area contributed by atoms with Crippen molar-refractivity contribution in [3.63, 3.8) is 0 Å². The molecule has 4 unspecified atom stereocenters. The molecule has 2 fully saturated rings. The largest absolute Gasteiger partial charge is 0.390 e. The molecule has 0 bridgehead atoms. The molecule has 100 valence electrons. The maximum Gasteiger partial charge on any atom is 0.0942 e. The minimum atomic E-state index is -0.365. The molecule has 17 heavy (non-hydrogen) atoms. The Morgan fingerprint density at radius 2 is 2.18 bits per heavy atom. The number of aliphatic hydroxyl groups is 1. The molecule has 0 aromatic carbocycles. The molecule has 4 atom stereocenters. The smallest absolute Gasteiger partial charge is 0.0942 e. The van der Waals surface area contributed by atoms with Gasteiger partial charge in [-0.3, -0.25) is 0 Å². The van der Waals surface area contributed by atoms with Gasteiger partial charge >= 0.3 is 0 Å². The number of hydrogen-bond acceptors (Lipinski definition) is 3. The van der Waals surface area contributed by atoms with Crippen molar-refractivity contribution in [1.82, 2.24) is 0 Å². The summed E-state index contributed by atoms with van der Waals surface area (Å²) in [5.74, 6) is 0.914. The van der Waals surface area contributed by atoms with Crippen LogP contribution in [0.25, 0.3) is 0 Å². The van der Waals surface area contributed by atoms with E-state index in [-0.39, 0.29) is 17.6 Å². The van der Waals surface area contributed by atoms with Crippen LogP contribution in [0.15, 0.2) is 0 Å².